The van der Waals surface area contributed by atoms with Gasteiger partial charge in [-0.05, 0) is 6.07 Å². The highest BCUT2D eigenvalue weighted by molar-refractivity contribution is 5.59. The minimum atomic E-state index is 0.563. The largest absolute Gasteiger partial charge is 0.324 e. The van der Waals surface area contributed by atoms with Gasteiger partial charge in [0.05, 0.1) is 11.3 Å². The van der Waals surface area contributed by atoms with E-state index in [1.807, 2.05) is 0 Å². The molecule has 4 nitrogen and oxygen atoms in total. The van der Waals surface area contributed by atoms with Crippen molar-refractivity contribution in [3.63, 3.8) is 0 Å². The molecule has 0 amide bonds. The lowest BCUT2D eigenvalue weighted by molar-refractivity contribution is -0.904. The van der Waals surface area contributed by atoms with Crippen LogP contribution in [-0.4, -0.2) is 5.21 Å². The quantitative estimate of drug-likeness (QED) is 0.235. The SMILES string of the molecule is C=C(NN)c1ccc[n+](O)c1. The average Bonchev–Trinajstić information content (AvgIpc) is 2.03. The molecule has 0 atom stereocenters. The van der Waals surface area contributed by atoms with E-state index >= 15 is 0 Å². The maximum Gasteiger partial charge on any atom is 0.231 e. The molecule has 4 heteroatoms. The van der Waals surface area contributed by atoms with Crippen LogP contribution in [0.4, 0.5) is 0 Å². The third kappa shape index (κ3) is 1.68. The van der Waals surface area contributed by atoms with E-state index in [2.05, 4.69) is 12.0 Å². The Morgan fingerprint density at radius 3 is 3.00 bits per heavy atom. The summed E-state index contributed by atoms with van der Waals surface area (Å²) in [7, 11) is 0. The number of nitrogens with zero attached hydrogens (tertiary/aromatic N) is 1. The van der Waals surface area contributed by atoms with Gasteiger partial charge in [0.2, 0.25) is 12.4 Å². The van der Waals surface area contributed by atoms with E-state index in [9.17, 15) is 0 Å². The van der Waals surface area contributed by atoms with E-state index in [0.717, 1.165) is 10.3 Å². The molecule has 0 aliphatic heterocycles. The van der Waals surface area contributed by atoms with E-state index in [1.165, 1.54) is 12.4 Å². The van der Waals surface area contributed by atoms with Crippen LogP contribution < -0.4 is 16.0 Å². The molecule has 0 aliphatic carbocycles. The monoisotopic (exact) mass is 152 g/mol. The molecule has 1 heterocycles. The zero-order valence-electron chi connectivity index (χ0n) is 5.99. The number of nitrogens with one attached hydrogen (secondary N) is 1. The molecule has 0 radical (unpaired) electrons. The van der Waals surface area contributed by atoms with Gasteiger partial charge in [-0.2, -0.15) is 0 Å². The molecule has 11 heavy (non-hydrogen) atoms. The predicted octanol–water partition coefficient (Wildman–Crippen LogP) is -0.355. The zero-order chi connectivity index (χ0) is 8.27. The van der Waals surface area contributed by atoms with Crippen LogP contribution in [0.25, 0.3) is 5.70 Å². The molecule has 0 fully saturated rings. The second-order valence-corrected chi connectivity index (χ2v) is 2.10. The first-order valence-corrected chi connectivity index (χ1v) is 3.10. The van der Waals surface area contributed by atoms with Gasteiger partial charge in [0, 0.05) is 10.8 Å². The van der Waals surface area contributed by atoms with Crippen LogP contribution in [0.3, 0.4) is 0 Å². The number of hydrogen-bond donors (Lipinski definition) is 3. The lowest BCUT2D eigenvalue weighted by Gasteiger charge is -1.99. The fourth-order valence-corrected chi connectivity index (χ4v) is 0.725. The van der Waals surface area contributed by atoms with Crippen LogP contribution in [0.5, 0.6) is 0 Å². The molecule has 0 saturated carbocycles. The minimum absolute atomic E-state index is 0.563. The van der Waals surface area contributed by atoms with Crippen molar-refractivity contribution in [3.05, 3.63) is 36.7 Å². The standard InChI is InChI=1S/C7H10N3O/c1-6(9-8)7-3-2-4-10(11)5-7/h2-5,9,11H,1,8H2/q+1. The van der Waals surface area contributed by atoms with Gasteiger partial charge in [0.25, 0.3) is 0 Å². The molecule has 1 aromatic heterocycles. The Morgan fingerprint density at radius 1 is 1.73 bits per heavy atom. The summed E-state index contributed by atoms with van der Waals surface area (Å²) in [6.07, 6.45) is 3.01. The molecule has 0 aromatic carbocycles. The topological polar surface area (TPSA) is 62.2 Å². The summed E-state index contributed by atoms with van der Waals surface area (Å²) in [5, 5.41) is 8.96. The Bertz CT molecular complexity index is 272. The fraction of sp³-hybridized carbons (Fsp3) is 0. The summed E-state index contributed by atoms with van der Waals surface area (Å²) in [5.74, 6) is 5.11. The van der Waals surface area contributed by atoms with Crippen LogP contribution in [0, 0.1) is 0 Å². The molecular formula is C7H10N3O+. The third-order valence-electron chi connectivity index (χ3n) is 1.31. The van der Waals surface area contributed by atoms with Crippen molar-refractivity contribution in [1.29, 1.82) is 0 Å². The van der Waals surface area contributed by atoms with Gasteiger partial charge in [-0.1, -0.05) is 6.58 Å². The molecule has 4 N–H and O–H groups in total. The van der Waals surface area contributed by atoms with Crippen molar-refractivity contribution in [2.24, 2.45) is 5.84 Å². The second kappa shape index (κ2) is 3.03. The Labute approximate surface area is 64.5 Å². The van der Waals surface area contributed by atoms with Crippen molar-refractivity contribution in [3.8, 4) is 0 Å². The highest BCUT2D eigenvalue weighted by atomic mass is 16.5. The summed E-state index contributed by atoms with van der Waals surface area (Å²) in [6.45, 7) is 3.62. The lowest BCUT2D eigenvalue weighted by atomic mass is 10.2. The molecule has 1 aromatic rings. The number of hydrogen-bond acceptors (Lipinski definition) is 3. The lowest BCUT2D eigenvalue weighted by Crippen LogP contribution is -2.30. The number of nitrogens with two attached hydrogens (primary N) is 1. The highest BCUT2D eigenvalue weighted by Crippen LogP contribution is 2.02. The van der Waals surface area contributed by atoms with E-state index < -0.39 is 0 Å². The van der Waals surface area contributed by atoms with Crippen LogP contribution in [0.2, 0.25) is 0 Å². The molecule has 0 unspecified atom stereocenters. The Kier molecular flexibility index (Phi) is 2.08. The van der Waals surface area contributed by atoms with Crippen molar-refractivity contribution >= 4 is 5.70 Å². The summed E-state index contributed by atoms with van der Waals surface area (Å²) in [5.41, 5.74) is 3.70. The van der Waals surface area contributed by atoms with Gasteiger partial charge >= 0.3 is 0 Å². The first-order chi connectivity index (χ1) is 5.24. The van der Waals surface area contributed by atoms with Crippen LogP contribution in [-0.2, 0) is 0 Å². The second-order valence-electron chi connectivity index (χ2n) is 2.10. The van der Waals surface area contributed by atoms with E-state index in [-0.39, 0.29) is 0 Å². The summed E-state index contributed by atoms with van der Waals surface area (Å²) < 4.78 is 0.942. The summed E-state index contributed by atoms with van der Waals surface area (Å²) >= 11 is 0. The van der Waals surface area contributed by atoms with Gasteiger partial charge in [-0.15, -0.1) is 0 Å². The summed E-state index contributed by atoms with van der Waals surface area (Å²) in [4.78, 5) is 0. The number of rotatable bonds is 2. The molecule has 1 rings (SSSR count). The normalized spacial score (nSPS) is 9.18. The van der Waals surface area contributed by atoms with Crippen molar-refractivity contribution in [2.45, 2.75) is 0 Å². The van der Waals surface area contributed by atoms with Gasteiger partial charge in [0.1, 0.15) is 0 Å². The van der Waals surface area contributed by atoms with Crippen LogP contribution >= 0.6 is 0 Å². The Balaban J connectivity index is 2.96. The van der Waals surface area contributed by atoms with Gasteiger partial charge in [-0.3, -0.25) is 11.0 Å². The maximum absolute atomic E-state index is 8.96. The van der Waals surface area contributed by atoms with Crippen LogP contribution in [0.1, 0.15) is 5.56 Å². The van der Waals surface area contributed by atoms with E-state index in [4.69, 9.17) is 11.0 Å². The number of pyridine rings is 1. The highest BCUT2D eigenvalue weighted by Gasteiger charge is 2.01. The minimum Gasteiger partial charge on any atom is -0.324 e. The van der Waals surface area contributed by atoms with Crippen molar-refractivity contribution in [1.82, 2.24) is 5.43 Å². The Morgan fingerprint density at radius 2 is 2.45 bits per heavy atom. The van der Waals surface area contributed by atoms with Crippen molar-refractivity contribution < 1.29 is 9.94 Å². The van der Waals surface area contributed by atoms with Gasteiger partial charge in [-0.25, -0.2) is 0 Å². The molecule has 58 valence electrons. The molecule has 0 bridgehead atoms. The van der Waals surface area contributed by atoms with Gasteiger partial charge in [0.15, 0.2) is 0 Å². The maximum atomic E-state index is 8.96. The fourth-order valence-electron chi connectivity index (χ4n) is 0.725. The third-order valence-corrected chi connectivity index (χ3v) is 1.31. The molecule has 0 saturated heterocycles. The number of hydrazine groups is 1. The Hall–Kier alpha value is -1.55. The van der Waals surface area contributed by atoms with Gasteiger partial charge < -0.3 is 5.43 Å². The first-order valence-electron chi connectivity index (χ1n) is 3.10. The zero-order valence-corrected chi connectivity index (χ0v) is 5.99. The molecule has 0 spiro atoms. The smallest absolute Gasteiger partial charge is 0.231 e. The van der Waals surface area contributed by atoms with Crippen LogP contribution in [0.15, 0.2) is 31.1 Å². The summed E-state index contributed by atoms with van der Waals surface area (Å²) in [6, 6.07) is 3.48. The van der Waals surface area contributed by atoms with E-state index in [1.54, 1.807) is 12.1 Å². The molecular weight excluding hydrogens is 142 g/mol. The predicted molar refractivity (Wildman–Crippen MR) is 40.2 cm³/mol. The average molecular weight is 152 g/mol. The first kappa shape index (κ1) is 7.56. The molecule has 0 aliphatic rings. The number of aromatic nitrogens is 1. The van der Waals surface area contributed by atoms with E-state index in [0.29, 0.717) is 5.70 Å². The van der Waals surface area contributed by atoms with Crippen molar-refractivity contribution in [2.75, 3.05) is 0 Å².